The van der Waals surface area contributed by atoms with Gasteiger partial charge >= 0.3 is 0 Å². The fourth-order valence-electron chi connectivity index (χ4n) is 1.29. The van der Waals surface area contributed by atoms with E-state index in [4.69, 9.17) is 4.74 Å². The van der Waals surface area contributed by atoms with Gasteiger partial charge in [0.25, 0.3) is 5.91 Å². The van der Waals surface area contributed by atoms with Crippen LogP contribution in [0.25, 0.3) is 0 Å². The summed E-state index contributed by atoms with van der Waals surface area (Å²) in [5, 5.41) is 2.54. The predicted molar refractivity (Wildman–Crippen MR) is 56.6 cm³/mol. The molecule has 3 nitrogen and oxygen atoms in total. The van der Waals surface area contributed by atoms with Gasteiger partial charge in [0.1, 0.15) is 0 Å². The van der Waals surface area contributed by atoms with Gasteiger partial charge in [0, 0.05) is 0 Å². The molecule has 0 unspecified atom stereocenters. The normalized spacial score (nSPS) is 12.9. The van der Waals surface area contributed by atoms with Crippen LogP contribution in [0.2, 0.25) is 0 Å². The summed E-state index contributed by atoms with van der Waals surface area (Å²) in [7, 11) is 0. The van der Waals surface area contributed by atoms with E-state index in [1.165, 1.54) is 6.07 Å². The highest BCUT2D eigenvalue weighted by Gasteiger charge is 2.19. The lowest BCUT2D eigenvalue weighted by Crippen LogP contribution is -2.26. The number of amides is 1. The SMILES string of the molecule is CC.Cc1cc(F)c2c(c1)NC(=O)CO2. The molecule has 2 rings (SSSR count). The van der Waals surface area contributed by atoms with Crippen LogP contribution < -0.4 is 10.1 Å². The van der Waals surface area contributed by atoms with Crippen molar-refractivity contribution in [1.29, 1.82) is 0 Å². The Bertz CT molecular complexity index is 377. The highest BCUT2D eigenvalue weighted by atomic mass is 19.1. The number of aryl methyl sites for hydroxylation is 1. The third kappa shape index (κ3) is 2.46. The van der Waals surface area contributed by atoms with Crippen molar-refractivity contribution in [2.24, 2.45) is 0 Å². The lowest BCUT2D eigenvalue weighted by atomic mass is 10.2. The zero-order valence-electron chi connectivity index (χ0n) is 9.06. The maximum Gasteiger partial charge on any atom is 0.262 e. The number of halogens is 1. The Labute approximate surface area is 88.2 Å². The van der Waals surface area contributed by atoms with Gasteiger partial charge in [0.2, 0.25) is 0 Å². The van der Waals surface area contributed by atoms with Crippen LogP contribution in [0.5, 0.6) is 5.75 Å². The van der Waals surface area contributed by atoms with Crippen molar-refractivity contribution >= 4 is 11.6 Å². The average Bonchev–Trinajstić information content (AvgIpc) is 2.19. The van der Waals surface area contributed by atoms with Gasteiger partial charge in [-0.3, -0.25) is 4.79 Å². The first-order valence-corrected chi connectivity index (χ1v) is 4.89. The zero-order valence-corrected chi connectivity index (χ0v) is 9.06. The first kappa shape index (κ1) is 11.5. The van der Waals surface area contributed by atoms with Gasteiger partial charge in [-0.25, -0.2) is 4.39 Å². The Morgan fingerprint density at radius 2 is 2.07 bits per heavy atom. The number of hydrogen-bond donors (Lipinski definition) is 1. The smallest absolute Gasteiger partial charge is 0.262 e. The van der Waals surface area contributed by atoms with Crippen LogP contribution in [0.15, 0.2) is 12.1 Å². The number of benzene rings is 1. The maximum atomic E-state index is 13.2. The van der Waals surface area contributed by atoms with Crippen LogP contribution >= 0.6 is 0 Å². The molecule has 4 heteroatoms. The van der Waals surface area contributed by atoms with E-state index < -0.39 is 5.82 Å². The van der Waals surface area contributed by atoms with Crippen molar-refractivity contribution in [1.82, 2.24) is 0 Å². The Hall–Kier alpha value is -1.58. The molecule has 0 aromatic heterocycles. The summed E-state index contributed by atoms with van der Waals surface area (Å²) >= 11 is 0. The molecule has 0 bridgehead atoms. The number of ether oxygens (including phenoxy) is 1. The van der Waals surface area contributed by atoms with E-state index >= 15 is 0 Å². The molecule has 1 N–H and O–H groups in total. The van der Waals surface area contributed by atoms with Gasteiger partial charge in [-0.15, -0.1) is 0 Å². The van der Waals surface area contributed by atoms with E-state index in [-0.39, 0.29) is 18.3 Å². The molecule has 1 heterocycles. The molecular formula is C11H14FNO2. The average molecular weight is 211 g/mol. The van der Waals surface area contributed by atoms with Crippen LogP contribution in [0.3, 0.4) is 0 Å². The van der Waals surface area contributed by atoms with Crippen molar-refractivity contribution in [3.63, 3.8) is 0 Å². The van der Waals surface area contributed by atoms with Gasteiger partial charge in [-0.05, 0) is 24.6 Å². The first-order chi connectivity index (χ1) is 7.16. The Balaban J connectivity index is 0.000000531. The van der Waals surface area contributed by atoms with Crippen LogP contribution in [0, 0.1) is 12.7 Å². The molecule has 0 fully saturated rings. The van der Waals surface area contributed by atoms with E-state index in [9.17, 15) is 9.18 Å². The largest absolute Gasteiger partial charge is 0.478 e. The van der Waals surface area contributed by atoms with Crippen LogP contribution in [-0.2, 0) is 4.79 Å². The molecular weight excluding hydrogens is 197 g/mol. The van der Waals surface area contributed by atoms with E-state index in [1.807, 2.05) is 13.8 Å². The standard InChI is InChI=1S/C9H8FNO2.C2H6/c1-5-2-6(10)9-7(3-5)11-8(12)4-13-9;1-2/h2-3H,4H2,1H3,(H,11,12);1-2H3. The van der Waals surface area contributed by atoms with E-state index in [0.717, 1.165) is 5.56 Å². The molecule has 1 aliphatic rings. The quantitative estimate of drug-likeness (QED) is 0.716. The third-order valence-electron chi connectivity index (χ3n) is 1.81. The molecule has 82 valence electrons. The molecule has 0 saturated carbocycles. The number of carbonyl (C=O) groups excluding carboxylic acids is 1. The lowest BCUT2D eigenvalue weighted by molar-refractivity contribution is -0.118. The van der Waals surface area contributed by atoms with E-state index in [0.29, 0.717) is 5.69 Å². The molecule has 0 spiro atoms. The molecule has 1 aliphatic heterocycles. The minimum Gasteiger partial charge on any atom is -0.478 e. The van der Waals surface area contributed by atoms with Crippen LogP contribution in [0.4, 0.5) is 10.1 Å². The fourth-order valence-corrected chi connectivity index (χ4v) is 1.29. The molecule has 0 atom stereocenters. The lowest BCUT2D eigenvalue weighted by Gasteiger charge is -2.18. The Kier molecular flexibility index (Phi) is 3.66. The van der Waals surface area contributed by atoms with Gasteiger partial charge in [-0.1, -0.05) is 13.8 Å². The number of fused-ring (bicyclic) bond motifs is 1. The second kappa shape index (κ2) is 4.77. The van der Waals surface area contributed by atoms with Crippen molar-refractivity contribution in [3.8, 4) is 5.75 Å². The highest BCUT2D eigenvalue weighted by Crippen LogP contribution is 2.31. The van der Waals surface area contributed by atoms with Gasteiger partial charge in [0.05, 0.1) is 5.69 Å². The molecule has 0 saturated heterocycles. The summed E-state index contributed by atoms with van der Waals surface area (Å²) in [5.41, 5.74) is 1.16. The summed E-state index contributed by atoms with van der Waals surface area (Å²) < 4.78 is 18.1. The highest BCUT2D eigenvalue weighted by molar-refractivity contribution is 5.95. The molecule has 1 aromatic rings. The van der Waals surface area contributed by atoms with E-state index in [2.05, 4.69) is 5.32 Å². The van der Waals surface area contributed by atoms with Gasteiger partial charge in [0.15, 0.2) is 18.2 Å². The Morgan fingerprint density at radius 3 is 2.73 bits per heavy atom. The number of nitrogens with one attached hydrogen (secondary N) is 1. The summed E-state index contributed by atoms with van der Waals surface area (Å²) in [6.45, 7) is 5.64. The molecule has 1 amide bonds. The third-order valence-corrected chi connectivity index (χ3v) is 1.81. The summed E-state index contributed by atoms with van der Waals surface area (Å²) in [5.74, 6) is -0.558. The molecule has 0 aliphatic carbocycles. The number of rotatable bonds is 0. The number of anilines is 1. The van der Waals surface area contributed by atoms with Crippen molar-refractivity contribution in [2.75, 3.05) is 11.9 Å². The number of hydrogen-bond acceptors (Lipinski definition) is 2. The molecule has 0 radical (unpaired) electrons. The maximum absolute atomic E-state index is 13.2. The van der Waals surface area contributed by atoms with Gasteiger partial charge in [-0.2, -0.15) is 0 Å². The Morgan fingerprint density at radius 1 is 1.40 bits per heavy atom. The zero-order chi connectivity index (χ0) is 11.4. The van der Waals surface area contributed by atoms with Gasteiger partial charge < -0.3 is 10.1 Å². The van der Waals surface area contributed by atoms with E-state index in [1.54, 1.807) is 13.0 Å². The first-order valence-electron chi connectivity index (χ1n) is 4.89. The molecule has 15 heavy (non-hydrogen) atoms. The predicted octanol–water partition coefficient (Wildman–Crippen LogP) is 2.49. The van der Waals surface area contributed by atoms with Crippen molar-refractivity contribution in [3.05, 3.63) is 23.5 Å². The summed E-state index contributed by atoms with van der Waals surface area (Å²) in [4.78, 5) is 10.9. The van der Waals surface area contributed by atoms with Crippen LogP contribution in [-0.4, -0.2) is 12.5 Å². The second-order valence-electron chi connectivity index (χ2n) is 2.96. The topological polar surface area (TPSA) is 38.3 Å². The second-order valence-corrected chi connectivity index (χ2v) is 2.96. The number of carbonyl (C=O) groups is 1. The summed E-state index contributed by atoms with van der Waals surface area (Å²) in [6.07, 6.45) is 0. The monoisotopic (exact) mass is 211 g/mol. The summed E-state index contributed by atoms with van der Waals surface area (Å²) in [6, 6.07) is 3.05. The molecule has 1 aromatic carbocycles. The fraction of sp³-hybridized carbons (Fsp3) is 0.364. The minimum atomic E-state index is -0.435. The minimum absolute atomic E-state index is 0.118. The van der Waals surface area contributed by atoms with Crippen LogP contribution in [0.1, 0.15) is 19.4 Å². The van der Waals surface area contributed by atoms with Crippen molar-refractivity contribution < 1.29 is 13.9 Å². The van der Waals surface area contributed by atoms with Crippen molar-refractivity contribution in [2.45, 2.75) is 20.8 Å².